The van der Waals surface area contributed by atoms with Gasteiger partial charge in [0.2, 0.25) is 0 Å². The smallest absolute Gasteiger partial charge is 0.338 e. The molecule has 42 heavy (non-hydrogen) atoms. The average Bonchev–Trinajstić information content (AvgIpc) is 3.64. The number of alkyl halides is 3. The fraction of sp³-hybridized carbons (Fsp3) is 0.424. The van der Waals surface area contributed by atoms with E-state index < -0.39 is 23.3 Å². The molecule has 0 spiro atoms. The van der Waals surface area contributed by atoms with E-state index in [1.54, 1.807) is 29.5 Å². The largest absolute Gasteiger partial charge is 0.434 e. The number of para-hydroxylation sites is 1. The van der Waals surface area contributed by atoms with Gasteiger partial charge in [-0.15, -0.1) is 11.3 Å². The van der Waals surface area contributed by atoms with Gasteiger partial charge in [-0.1, -0.05) is 58.0 Å². The maximum Gasteiger partial charge on any atom is 0.434 e. The van der Waals surface area contributed by atoms with Gasteiger partial charge in [0.1, 0.15) is 0 Å². The lowest BCUT2D eigenvalue weighted by atomic mass is 9.63. The fourth-order valence-electron chi connectivity index (χ4n) is 6.40. The van der Waals surface area contributed by atoms with E-state index in [0.29, 0.717) is 25.9 Å². The molecule has 2 aromatic carbocycles. The molecule has 220 valence electrons. The Balaban J connectivity index is 1.18. The molecule has 1 aliphatic heterocycles. The van der Waals surface area contributed by atoms with E-state index in [1.807, 2.05) is 0 Å². The number of fused-ring (bicyclic) bond motifs is 1. The van der Waals surface area contributed by atoms with Crippen molar-refractivity contribution in [3.05, 3.63) is 87.5 Å². The first-order chi connectivity index (χ1) is 19.8. The average molecular weight is 593 g/mol. The van der Waals surface area contributed by atoms with E-state index in [0.717, 1.165) is 33.6 Å². The molecule has 0 unspecified atom stereocenters. The van der Waals surface area contributed by atoms with E-state index >= 15 is 0 Å². The summed E-state index contributed by atoms with van der Waals surface area (Å²) in [5.74, 6) is -0.475. The molecule has 1 saturated heterocycles. The summed E-state index contributed by atoms with van der Waals surface area (Å²) in [4.78, 5) is 19.8. The monoisotopic (exact) mass is 592 g/mol. The first-order valence-corrected chi connectivity index (χ1v) is 15.3. The molecule has 0 saturated carbocycles. The lowest BCUT2D eigenvalue weighted by Crippen LogP contribution is -2.38. The van der Waals surface area contributed by atoms with E-state index in [1.165, 1.54) is 34.6 Å². The maximum atomic E-state index is 14.1. The first-order valence-electron chi connectivity index (χ1n) is 14.5. The van der Waals surface area contributed by atoms with Crippen LogP contribution in [0, 0.1) is 0 Å². The molecule has 2 aromatic heterocycles. The third-order valence-corrected chi connectivity index (χ3v) is 10.1. The van der Waals surface area contributed by atoms with Crippen LogP contribution in [0.5, 0.6) is 0 Å². The van der Waals surface area contributed by atoms with Crippen LogP contribution in [0.15, 0.2) is 60.1 Å². The molecule has 0 N–H and O–H groups in total. The molecule has 4 aromatic rings. The second-order valence-corrected chi connectivity index (χ2v) is 13.7. The fourth-order valence-corrected chi connectivity index (χ4v) is 7.40. The summed E-state index contributed by atoms with van der Waals surface area (Å²) in [6, 6.07) is 14.8. The summed E-state index contributed by atoms with van der Waals surface area (Å²) >= 11 is 1.62. The molecular formula is C33H35F3N4OS. The van der Waals surface area contributed by atoms with Crippen LogP contribution >= 0.6 is 11.3 Å². The van der Waals surface area contributed by atoms with Crippen molar-refractivity contribution in [2.24, 2.45) is 0 Å². The number of nitrogens with zero attached hydrogens (tertiary/aromatic N) is 4. The van der Waals surface area contributed by atoms with Gasteiger partial charge in [-0.25, -0.2) is 9.67 Å². The van der Waals surface area contributed by atoms with Crippen LogP contribution in [-0.4, -0.2) is 38.7 Å². The van der Waals surface area contributed by atoms with Crippen LogP contribution in [0.1, 0.15) is 91.5 Å². The first kappa shape index (κ1) is 28.6. The number of aromatic nitrogens is 3. The van der Waals surface area contributed by atoms with Crippen LogP contribution in [0.2, 0.25) is 0 Å². The molecule has 1 amide bonds. The Hall–Kier alpha value is -3.46. The van der Waals surface area contributed by atoms with Gasteiger partial charge in [-0.3, -0.25) is 4.79 Å². The highest BCUT2D eigenvalue weighted by Crippen LogP contribution is 2.47. The quantitative estimate of drug-likeness (QED) is 0.239. The summed E-state index contributed by atoms with van der Waals surface area (Å²) in [6.45, 7) is 10.0. The molecule has 0 radical (unpaired) electrons. The van der Waals surface area contributed by atoms with Crippen molar-refractivity contribution in [2.75, 3.05) is 13.1 Å². The summed E-state index contributed by atoms with van der Waals surface area (Å²) in [5, 5.41) is 7.06. The number of hydrogen-bond donors (Lipinski definition) is 0. The number of piperidine rings is 1. The van der Waals surface area contributed by atoms with Crippen molar-refractivity contribution in [3.63, 3.8) is 0 Å². The number of carbonyl (C=O) groups is 1. The normalized spacial score (nSPS) is 18.6. The zero-order valence-electron chi connectivity index (χ0n) is 24.3. The van der Waals surface area contributed by atoms with Crippen LogP contribution < -0.4 is 0 Å². The van der Waals surface area contributed by atoms with Gasteiger partial charge < -0.3 is 4.90 Å². The molecule has 2 aliphatic rings. The van der Waals surface area contributed by atoms with Crippen molar-refractivity contribution in [2.45, 2.75) is 76.3 Å². The van der Waals surface area contributed by atoms with Gasteiger partial charge in [0.25, 0.3) is 5.91 Å². The Labute approximate surface area is 248 Å². The Morgan fingerprint density at radius 3 is 2.29 bits per heavy atom. The zero-order valence-corrected chi connectivity index (χ0v) is 25.1. The van der Waals surface area contributed by atoms with Gasteiger partial charge in [0.05, 0.1) is 28.1 Å². The highest BCUT2D eigenvalue weighted by molar-refractivity contribution is 7.10. The highest BCUT2D eigenvalue weighted by atomic mass is 32.1. The number of benzene rings is 2. The Bertz CT molecular complexity index is 1610. The Kier molecular flexibility index (Phi) is 7.07. The van der Waals surface area contributed by atoms with Gasteiger partial charge in [-0.2, -0.15) is 18.3 Å². The van der Waals surface area contributed by atoms with Crippen molar-refractivity contribution < 1.29 is 18.0 Å². The number of amides is 1. The number of thiazole rings is 1. The van der Waals surface area contributed by atoms with Gasteiger partial charge in [-0.05, 0) is 65.8 Å². The van der Waals surface area contributed by atoms with Crippen molar-refractivity contribution in [1.82, 2.24) is 19.7 Å². The van der Waals surface area contributed by atoms with E-state index in [4.69, 9.17) is 4.98 Å². The molecule has 1 fully saturated rings. The molecule has 0 atom stereocenters. The lowest BCUT2D eigenvalue weighted by molar-refractivity contribution is -0.143. The predicted molar refractivity (Wildman–Crippen MR) is 159 cm³/mol. The molecule has 0 bridgehead atoms. The summed E-state index contributed by atoms with van der Waals surface area (Å²) in [5.41, 5.74) is 3.95. The number of likely N-dealkylation sites (tertiary alicyclic amines) is 1. The maximum absolute atomic E-state index is 14.1. The lowest BCUT2D eigenvalue weighted by Gasteiger charge is -2.42. The minimum atomic E-state index is -4.73. The third kappa shape index (κ3) is 5.16. The molecular weight excluding hydrogens is 557 g/mol. The minimum Gasteiger partial charge on any atom is -0.338 e. The Morgan fingerprint density at radius 1 is 0.952 bits per heavy atom. The molecule has 5 nitrogen and oxygen atoms in total. The SMILES string of the molecule is CC1(C)CCC(C)(C)c2cc(-c3csc(C4CCN(C(=O)c5cnn(-c6ccccc6)c5C(F)(F)F)CC4)n3)ccc21. The van der Waals surface area contributed by atoms with Gasteiger partial charge >= 0.3 is 6.18 Å². The van der Waals surface area contributed by atoms with Crippen LogP contribution in [-0.2, 0) is 17.0 Å². The standard InChI is InChI=1S/C33H35F3N4OS/c1-31(2)14-15-32(3,4)26-18-22(10-11-25(26)31)27-20-42-29(38-27)21-12-16-39(17-13-21)30(41)24-19-37-40(28(24)33(34,35)36)23-8-6-5-7-9-23/h5-11,18-21H,12-17H2,1-4H3. The highest BCUT2D eigenvalue weighted by Gasteiger charge is 2.42. The zero-order chi connectivity index (χ0) is 29.9. The van der Waals surface area contributed by atoms with Crippen molar-refractivity contribution in [3.8, 4) is 16.9 Å². The molecule has 6 rings (SSSR count). The van der Waals surface area contributed by atoms with Gasteiger partial charge in [0.15, 0.2) is 5.69 Å². The van der Waals surface area contributed by atoms with E-state index in [-0.39, 0.29) is 22.4 Å². The second-order valence-electron chi connectivity index (χ2n) is 12.8. The summed E-state index contributed by atoms with van der Waals surface area (Å²) in [7, 11) is 0. The number of halogens is 3. The molecule has 3 heterocycles. The van der Waals surface area contributed by atoms with Crippen molar-refractivity contribution in [1.29, 1.82) is 0 Å². The van der Waals surface area contributed by atoms with Crippen LogP contribution in [0.4, 0.5) is 13.2 Å². The van der Waals surface area contributed by atoms with E-state index in [9.17, 15) is 18.0 Å². The Morgan fingerprint density at radius 2 is 1.62 bits per heavy atom. The van der Waals surface area contributed by atoms with Crippen LogP contribution in [0.25, 0.3) is 16.9 Å². The topological polar surface area (TPSA) is 51.0 Å². The number of rotatable bonds is 4. The third-order valence-electron chi connectivity index (χ3n) is 9.07. The minimum absolute atomic E-state index is 0.114. The summed E-state index contributed by atoms with van der Waals surface area (Å²) in [6.07, 6.45) is -0.0711. The number of hydrogen-bond acceptors (Lipinski definition) is 4. The van der Waals surface area contributed by atoms with Crippen molar-refractivity contribution >= 4 is 17.2 Å². The van der Waals surface area contributed by atoms with Gasteiger partial charge in [0, 0.05) is 30.0 Å². The number of carbonyl (C=O) groups excluding carboxylic acids is 1. The summed E-state index contributed by atoms with van der Waals surface area (Å²) < 4.78 is 43.2. The molecule has 9 heteroatoms. The van der Waals surface area contributed by atoms with E-state index in [2.05, 4.69) is 56.4 Å². The van der Waals surface area contributed by atoms with Crippen LogP contribution in [0.3, 0.4) is 0 Å². The molecule has 1 aliphatic carbocycles. The second kappa shape index (κ2) is 10.4. The predicted octanol–water partition coefficient (Wildman–Crippen LogP) is 8.38.